The number of amides is 1. The summed E-state index contributed by atoms with van der Waals surface area (Å²) in [6.07, 6.45) is 0.162. The summed E-state index contributed by atoms with van der Waals surface area (Å²) in [5, 5.41) is 54.4. The summed E-state index contributed by atoms with van der Waals surface area (Å²) in [5.41, 5.74) is 3.35. The summed E-state index contributed by atoms with van der Waals surface area (Å²) >= 11 is 0. The van der Waals surface area contributed by atoms with E-state index in [0.717, 1.165) is 0 Å². The van der Waals surface area contributed by atoms with Gasteiger partial charge in [-0.2, -0.15) is 0 Å². The van der Waals surface area contributed by atoms with E-state index in [0.29, 0.717) is 16.7 Å². The molecular formula is C27H26N2O8. The summed E-state index contributed by atoms with van der Waals surface area (Å²) in [5.74, 6) is -6.93. The molecule has 2 aromatic carbocycles. The van der Waals surface area contributed by atoms with E-state index in [1.165, 1.54) is 23.1 Å². The van der Waals surface area contributed by atoms with E-state index < -0.39 is 58.0 Å². The van der Waals surface area contributed by atoms with Crippen LogP contribution in [0.4, 0.5) is 0 Å². The van der Waals surface area contributed by atoms with E-state index >= 15 is 0 Å². The third-order valence-corrected chi connectivity index (χ3v) is 7.76. The molecule has 3 aliphatic carbocycles. The SMILES string of the molecule is CN(C)[C@H]1C(=O)C(C(N)=O)=C(O)[C@]2(O)C(=O)C3=C(O)c4c(O)ccc(-c5cccc(O)c5)c4C[C@@H]3C[C@H]12. The number of nitrogens with zero attached hydrogens (tertiary/aromatic N) is 1. The lowest BCUT2D eigenvalue weighted by Crippen LogP contribution is -2.65. The van der Waals surface area contributed by atoms with Gasteiger partial charge < -0.3 is 31.3 Å². The first-order valence-electron chi connectivity index (χ1n) is 11.7. The molecule has 0 heterocycles. The maximum absolute atomic E-state index is 13.8. The molecule has 4 atom stereocenters. The van der Waals surface area contributed by atoms with Crippen LogP contribution in [0.3, 0.4) is 0 Å². The fraction of sp³-hybridized carbons (Fsp3) is 0.296. The highest BCUT2D eigenvalue weighted by molar-refractivity contribution is 6.24. The Morgan fingerprint density at radius 3 is 2.41 bits per heavy atom. The number of aliphatic hydroxyl groups excluding tert-OH is 2. The molecule has 0 spiro atoms. The minimum atomic E-state index is -2.68. The lowest BCUT2D eigenvalue weighted by atomic mass is 9.57. The number of ketones is 2. The lowest BCUT2D eigenvalue weighted by molar-refractivity contribution is -0.153. The van der Waals surface area contributed by atoms with Crippen molar-refractivity contribution < 1.29 is 39.9 Å². The van der Waals surface area contributed by atoms with Crippen LogP contribution in [0.1, 0.15) is 17.5 Å². The average Bonchev–Trinajstić information content (AvgIpc) is 2.81. The highest BCUT2D eigenvalue weighted by Gasteiger charge is 2.64. The van der Waals surface area contributed by atoms with Gasteiger partial charge in [0.15, 0.2) is 11.4 Å². The smallest absolute Gasteiger partial charge is 0.255 e. The third kappa shape index (κ3) is 3.29. The minimum absolute atomic E-state index is 0.000891. The maximum atomic E-state index is 13.8. The number of nitrogens with two attached hydrogens (primary N) is 1. The molecule has 37 heavy (non-hydrogen) atoms. The van der Waals surface area contributed by atoms with Gasteiger partial charge in [-0.3, -0.25) is 19.3 Å². The largest absolute Gasteiger partial charge is 0.508 e. The van der Waals surface area contributed by atoms with Gasteiger partial charge >= 0.3 is 0 Å². The molecule has 0 aromatic heterocycles. The molecule has 10 nitrogen and oxygen atoms in total. The first-order chi connectivity index (χ1) is 17.4. The van der Waals surface area contributed by atoms with Crippen molar-refractivity contribution in [2.45, 2.75) is 24.5 Å². The van der Waals surface area contributed by atoms with Crippen molar-refractivity contribution >= 4 is 23.2 Å². The van der Waals surface area contributed by atoms with Crippen LogP contribution in [-0.4, -0.2) is 73.6 Å². The van der Waals surface area contributed by atoms with Crippen molar-refractivity contribution in [2.24, 2.45) is 17.6 Å². The number of Topliss-reactive ketones (excluding diaryl/α,β-unsaturated/α-hetero) is 2. The average molecular weight is 507 g/mol. The van der Waals surface area contributed by atoms with E-state index in [1.807, 2.05) is 0 Å². The Morgan fingerprint density at radius 1 is 1.08 bits per heavy atom. The van der Waals surface area contributed by atoms with Crippen LogP contribution in [0, 0.1) is 11.8 Å². The van der Waals surface area contributed by atoms with Gasteiger partial charge in [0.2, 0.25) is 5.78 Å². The third-order valence-electron chi connectivity index (χ3n) is 7.76. The minimum Gasteiger partial charge on any atom is -0.508 e. The highest BCUT2D eigenvalue weighted by Crippen LogP contribution is 2.53. The molecule has 1 fully saturated rings. The standard InChI is InChI=1S/C27H26N2O8/c1-29(2)21-16-10-12-9-15-14(11-4-3-5-13(30)8-11)6-7-17(31)19(15)22(32)18(12)24(34)27(16,37)25(35)20(23(21)33)26(28)36/h3-8,12,16,21,30-32,35,37H,9-10H2,1-2H3,(H2,28,36)/t12-,16-,21-,27-/m1/s1. The van der Waals surface area contributed by atoms with Crippen molar-refractivity contribution in [3.05, 3.63) is 64.4 Å². The molecule has 0 radical (unpaired) electrons. The second kappa shape index (κ2) is 8.19. The number of carbonyl (C=O) groups is 3. The Balaban J connectivity index is 1.75. The van der Waals surface area contributed by atoms with Gasteiger partial charge in [0.1, 0.15) is 28.6 Å². The van der Waals surface area contributed by atoms with E-state index in [-0.39, 0.29) is 35.5 Å². The Kier molecular flexibility index (Phi) is 5.43. The zero-order valence-corrected chi connectivity index (χ0v) is 20.1. The second-order valence-corrected chi connectivity index (χ2v) is 10.00. The number of hydrogen-bond donors (Lipinski definition) is 6. The number of rotatable bonds is 3. The van der Waals surface area contributed by atoms with Crippen LogP contribution < -0.4 is 5.73 Å². The van der Waals surface area contributed by atoms with E-state index in [4.69, 9.17) is 5.73 Å². The van der Waals surface area contributed by atoms with Crippen LogP contribution in [0.2, 0.25) is 0 Å². The Labute approximate surface area is 211 Å². The Bertz CT molecular complexity index is 1460. The fourth-order valence-corrected chi connectivity index (χ4v) is 6.19. The molecule has 5 rings (SSSR count). The fourth-order valence-electron chi connectivity index (χ4n) is 6.19. The second-order valence-electron chi connectivity index (χ2n) is 10.00. The van der Waals surface area contributed by atoms with Crippen molar-refractivity contribution in [2.75, 3.05) is 14.1 Å². The normalized spacial score (nSPS) is 27.2. The number of phenolic OH excluding ortho intramolecular Hbond substituents is 2. The molecule has 1 amide bonds. The number of benzene rings is 2. The summed E-state index contributed by atoms with van der Waals surface area (Å²) < 4.78 is 0. The highest BCUT2D eigenvalue weighted by atomic mass is 16.3. The predicted octanol–water partition coefficient (Wildman–Crippen LogP) is 1.34. The first-order valence-corrected chi connectivity index (χ1v) is 11.7. The maximum Gasteiger partial charge on any atom is 0.255 e. The molecule has 10 heteroatoms. The first kappa shape index (κ1) is 24.5. The van der Waals surface area contributed by atoms with Gasteiger partial charge in [0.05, 0.1) is 11.6 Å². The number of phenols is 2. The van der Waals surface area contributed by atoms with Gasteiger partial charge in [-0.15, -0.1) is 0 Å². The Morgan fingerprint density at radius 2 is 1.78 bits per heavy atom. The number of fused-ring (bicyclic) bond motifs is 3. The van der Waals surface area contributed by atoms with Gasteiger partial charge in [0.25, 0.3) is 5.91 Å². The summed E-state index contributed by atoms with van der Waals surface area (Å²) in [7, 11) is 3.09. The van der Waals surface area contributed by atoms with Crippen LogP contribution in [0.25, 0.3) is 16.9 Å². The molecule has 192 valence electrons. The van der Waals surface area contributed by atoms with Gasteiger partial charge in [-0.05, 0) is 67.7 Å². The summed E-state index contributed by atoms with van der Waals surface area (Å²) in [4.78, 5) is 40.5. The molecule has 0 aliphatic heterocycles. The van der Waals surface area contributed by atoms with Crippen molar-refractivity contribution in [1.82, 2.24) is 4.90 Å². The topological polar surface area (TPSA) is 182 Å². The number of aliphatic hydroxyl groups is 3. The monoisotopic (exact) mass is 506 g/mol. The van der Waals surface area contributed by atoms with E-state index in [1.54, 1.807) is 32.3 Å². The quantitative estimate of drug-likeness (QED) is 0.335. The Hall–Kier alpha value is -4.15. The van der Waals surface area contributed by atoms with Gasteiger partial charge in [-0.1, -0.05) is 18.2 Å². The van der Waals surface area contributed by atoms with Crippen LogP contribution >= 0.6 is 0 Å². The molecule has 7 N–H and O–H groups in total. The van der Waals surface area contributed by atoms with Gasteiger partial charge in [0, 0.05) is 11.5 Å². The van der Waals surface area contributed by atoms with Crippen LogP contribution in [-0.2, 0) is 20.8 Å². The van der Waals surface area contributed by atoms with Crippen LogP contribution in [0.5, 0.6) is 11.5 Å². The molecule has 2 aromatic rings. The zero-order chi connectivity index (χ0) is 27.0. The van der Waals surface area contributed by atoms with Crippen molar-refractivity contribution in [3.8, 4) is 22.6 Å². The number of carbonyl (C=O) groups excluding carboxylic acids is 3. The predicted molar refractivity (Wildman–Crippen MR) is 131 cm³/mol. The molecular weight excluding hydrogens is 480 g/mol. The zero-order valence-electron chi connectivity index (χ0n) is 20.1. The molecule has 1 saturated carbocycles. The number of primary amides is 1. The molecule has 0 unspecified atom stereocenters. The molecule has 0 bridgehead atoms. The van der Waals surface area contributed by atoms with Gasteiger partial charge in [-0.25, -0.2) is 0 Å². The molecule has 0 saturated heterocycles. The number of aromatic hydroxyl groups is 2. The van der Waals surface area contributed by atoms with E-state index in [2.05, 4.69) is 0 Å². The molecule has 3 aliphatic rings. The summed E-state index contributed by atoms with van der Waals surface area (Å²) in [6, 6.07) is 8.29. The summed E-state index contributed by atoms with van der Waals surface area (Å²) in [6.45, 7) is 0. The number of likely N-dealkylation sites (N-methyl/N-ethyl adjacent to an activating group) is 1. The van der Waals surface area contributed by atoms with Crippen molar-refractivity contribution in [3.63, 3.8) is 0 Å². The van der Waals surface area contributed by atoms with Crippen LogP contribution in [0.15, 0.2) is 53.3 Å². The lowest BCUT2D eigenvalue weighted by Gasteiger charge is -2.50. The van der Waals surface area contributed by atoms with E-state index in [9.17, 15) is 39.9 Å². The van der Waals surface area contributed by atoms with Crippen molar-refractivity contribution in [1.29, 1.82) is 0 Å². The number of hydrogen-bond acceptors (Lipinski definition) is 9.